The fourth-order valence-corrected chi connectivity index (χ4v) is 5.42. The number of benzene rings is 2. The molecule has 2 aromatic carbocycles. The summed E-state index contributed by atoms with van der Waals surface area (Å²) in [6, 6.07) is 3.00. The Balaban J connectivity index is 1.48. The van der Waals surface area contributed by atoms with Crippen LogP contribution in [-0.4, -0.2) is 65.5 Å². The summed E-state index contributed by atoms with van der Waals surface area (Å²) in [5.41, 5.74) is -1.33. The van der Waals surface area contributed by atoms with E-state index in [0.717, 1.165) is 25.0 Å². The first-order chi connectivity index (χ1) is 25.5. The van der Waals surface area contributed by atoms with E-state index < -0.39 is 78.2 Å². The van der Waals surface area contributed by atoms with Gasteiger partial charge in [0.1, 0.15) is 23.3 Å². The minimum Gasteiger partial charge on any atom is -0.489 e. The van der Waals surface area contributed by atoms with Gasteiger partial charge in [-0.3, -0.25) is 9.59 Å². The van der Waals surface area contributed by atoms with Crippen molar-refractivity contribution in [1.82, 2.24) is 26.3 Å². The predicted molar refractivity (Wildman–Crippen MR) is 182 cm³/mol. The zero-order chi connectivity index (χ0) is 39.3. The molecule has 4 amide bonds. The number of carbonyl (C=O) groups is 4. The third-order valence-electron chi connectivity index (χ3n) is 8.35. The summed E-state index contributed by atoms with van der Waals surface area (Å²) in [5.74, 6) is -4.31. The van der Waals surface area contributed by atoms with Crippen molar-refractivity contribution in [1.29, 1.82) is 0 Å². The number of nitrogens with one attached hydrogen (secondary N) is 4. The van der Waals surface area contributed by atoms with Gasteiger partial charge in [0.25, 0.3) is 5.91 Å². The summed E-state index contributed by atoms with van der Waals surface area (Å²) in [6.07, 6.45) is 0.765. The third kappa shape index (κ3) is 11.0. The maximum Gasteiger partial charge on any atom is 0.408 e. The number of alkyl carbamates (subject to hydrolysis) is 1. The van der Waals surface area contributed by atoms with Crippen LogP contribution in [0, 0.1) is 23.5 Å². The van der Waals surface area contributed by atoms with E-state index in [2.05, 4.69) is 31.0 Å². The number of alkyl halides is 2. The van der Waals surface area contributed by atoms with E-state index in [9.17, 15) is 37.5 Å². The van der Waals surface area contributed by atoms with E-state index in [1.165, 1.54) is 25.1 Å². The molecular formula is C36H41F4N5O9. The Morgan fingerprint density at radius 2 is 1.70 bits per heavy atom. The number of carbonyl (C=O) groups excluding carboxylic acids is 3. The highest BCUT2D eigenvalue weighted by molar-refractivity contribution is 5.94. The number of amides is 4. The van der Waals surface area contributed by atoms with Crippen LogP contribution in [0.3, 0.4) is 0 Å². The summed E-state index contributed by atoms with van der Waals surface area (Å²) in [6.45, 7) is 3.05. The molecular weight excluding hydrogens is 722 g/mol. The zero-order valence-electron chi connectivity index (χ0n) is 29.8. The number of aromatic nitrogens is 1. The number of halogens is 4. The number of carboxylic acid groups (broad SMARTS) is 1. The standard InChI is InChI=1S/C36H41F4N5O9/c1-17(42-35(50)54-36(2,3)4)29-28(44-32(53-29)20-9-12-25(52-33(39)40)26(13-20)51-16-18-5-6-18)31(47)43-24(22-11-10-21(37)14-23(22)38)15-41-30(46)27(19-7-8-19)45-34(48)49/h9-14,17-19,24,27,33,45H,5-8,15-16H2,1-4H3,(H,41,46)(H,42,50)(H,43,47)(H,48,49)/t17-,24?,27-/m0/s1. The van der Waals surface area contributed by atoms with E-state index in [4.69, 9.17) is 13.9 Å². The highest BCUT2D eigenvalue weighted by atomic mass is 19.3. The normalized spacial score (nSPS) is 15.8. The molecule has 1 unspecified atom stereocenters. The van der Waals surface area contributed by atoms with Crippen LogP contribution in [0.2, 0.25) is 0 Å². The second kappa shape index (κ2) is 16.6. The highest BCUT2D eigenvalue weighted by Gasteiger charge is 2.38. The van der Waals surface area contributed by atoms with Crippen LogP contribution in [-0.2, 0) is 9.53 Å². The smallest absolute Gasteiger partial charge is 0.408 e. The SMILES string of the molecule is C[C@H](NC(=O)OC(C)(C)C)c1oc(-c2ccc(OC(F)F)c(OCC3CC3)c2)nc1C(=O)NC(CNC(=O)[C@@H](NC(=O)O)C1CC1)c1ccc(F)cc1F. The summed E-state index contributed by atoms with van der Waals surface area (Å²) in [4.78, 5) is 55.5. The zero-order valence-corrected chi connectivity index (χ0v) is 29.8. The predicted octanol–water partition coefficient (Wildman–Crippen LogP) is 6.23. The van der Waals surface area contributed by atoms with E-state index in [1.54, 1.807) is 20.8 Å². The Morgan fingerprint density at radius 1 is 0.981 bits per heavy atom. The Hall–Kier alpha value is -5.55. The summed E-state index contributed by atoms with van der Waals surface area (Å²) in [7, 11) is 0. The molecule has 0 saturated heterocycles. The molecule has 5 N–H and O–H groups in total. The van der Waals surface area contributed by atoms with Crippen LogP contribution >= 0.6 is 0 Å². The first kappa shape index (κ1) is 39.7. The minimum atomic E-state index is -3.14. The average molecular weight is 764 g/mol. The number of nitrogens with zero attached hydrogens (tertiary/aromatic N) is 1. The summed E-state index contributed by atoms with van der Waals surface area (Å²) < 4.78 is 77.2. The minimum absolute atomic E-state index is 0.0325. The Bertz CT molecular complexity index is 1860. The van der Waals surface area contributed by atoms with E-state index in [1.807, 2.05) is 0 Å². The molecule has 0 aliphatic heterocycles. The molecule has 18 heteroatoms. The van der Waals surface area contributed by atoms with Crippen LogP contribution in [0.25, 0.3) is 11.5 Å². The lowest BCUT2D eigenvalue weighted by Crippen LogP contribution is -2.49. The van der Waals surface area contributed by atoms with Gasteiger partial charge in [0.2, 0.25) is 11.8 Å². The van der Waals surface area contributed by atoms with Crippen molar-refractivity contribution in [2.45, 2.75) is 83.7 Å². The number of hydrogen-bond acceptors (Lipinski definition) is 9. The van der Waals surface area contributed by atoms with Crippen LogP contribution in [0.1, 0.15) is 87.3 Å². The Labute approximate surface area is 307 Å². The monoisotopic (exact) mass is 763 g/mol. The van der Waals surface area contributed by atoms with Crippen LogP contribution in [0.4, 0.5) is 27.2 Å². The maximum atomic E-state index is 15.2. The van der Waals surface area contributed by atoms with Crippen molar-refractivity contribution in [2.24, 2.45) is 11.8 Å². The topological polar surface area (TPSA) is 190 Å². The van der Waals surface area contributed by atoms with Crippen LogP contribution in [0.15, 0.2) is 40.8 Å². The quantitative estimate of drug-likeness (QED) is 0.105. The molecule has 54 heavy (non-hydrogen) atoms. The average Bonchev–Trinajstić information content (AvgIpc) is 4.02. The van der Waals surface area contributed by atoms with Gasteiger partial charge < -0.3 is 45.0 Å². The van der Waals surface area contributed by atoms with Crippen molar-refractivity contribution in [3.05, 3.63) is 65.1 Å². The molecule has 2 aliphatic rings. The molecule has 14 nitrogen and oxygen atoms in total. The van der Waals surface area contributed by atoms with Crippen molar-refractivity contribution in [3.8, 4) is 23.0 Å². The molecule has 5 rings (SSSR count). The summed E-state index contributed by atoms with van der Waals surface area (Å²) in [5, 5.41) is 19.1. The van der Waals surface area contributed by atoms with Gasteiger partial charge in [0.05, 0.1) is 18.7 Å². The van der Waals surface area contributed by atoms with Gasteiger partial charge in [-0.2, -0.15) is 8.78 Å². The molecule has 2 saturated carbocycles. The first-order valence-electron chi connectivity index (χ1n) is 17.2. The maximum absolute atomic E-state index is 15.2. The van der Waals surface area contributed by atoms with E-state index >= 15 is 4.39 Å². The molecule has 3 aromatic rings. The third-order valence-corrected chi connectivity index (χ3v) is 8.35. The van der Waals surface area contributed by atoms with Crippen molar-refractivity contribution < 1.29 is 60.5 Å². The van der Waals surface area contributed by atoms with Gasteiger partial charge in [0.15, 0.2) is 23.0 Å². The van der Waals surface area contributed by atoms with Gasteiger partial charge in [0, 0.05) is 23.7 Å². The molecule has 292 valence electrons. The Kier molecular flexibility index (Phi) is 12.2. The second-order valence-electron chi connectivity index (χ2n) is 14.1. The van der Waals surface area contributed by atoms with Crippen molar-refractivity contribution in [2.75, 3.05) is 13.2 Å². The molecule has 2 fully saturated rings. The number of hydrogen-bond donors (Lipinski definition) is 5. The molecule has 1 heterocycles. The second-order valence-corrected chi connectivity index (χ2v) is 14.1. The molecule has 1 aromatic heterocycles. The van der Waals surface area contributed by atoms with Crippen molar-refractivity contribution in [3.63, 3.8) is 0 Å². The lowest BCUT2D eigenvalue weighted by Gasteiger charge is -2.23. The van der Waals surface area contributed by atoms with Gasteiger partial charge in [-0.15, -0.1) is 0 Å². The molecule has 2 aliphatic carbocycles. The largest absolute Gasteiger partial charge is 0.489 e. The molecule has 0 spiro atoms. The Morgan fingerprint density at radius 3 is 2.31 bits per heavy atom. The van der Waals surface area contributed by atoms with E-state index in [0.29, 0.717) is 18.9 Å². The lowest BCUT2D eigenvalue weighted by atomic mass is 10.0. The summed E-state index contributed by atoms with van der Waals surface area (Å²) >= 11 is 0. The molecule has 0 bridgehead atoms. The first-order valence-corrected chi connectivity index (χ1v) is 17.2. The number of rotatable bonds is 16. The lowest BCUT2D eigenvalue weighted by molar-refractivity contribution is -0.123. The van der Waals surface area contributed by atoms with Gasteiger partial charge >= 0.3 is 18.8 Å². The number of ether oxygens (including phenoxy) is 3. The van der Waals surface area contributed by atoms with Crippen molar-refractivity contribution >= 4 is 24.0 Å². The van der Waals surface area contributed by atoms with Crippen LogP contribution in [0.5, 0.6) is 11.5 Å². The fourth-order valence-electron chi connectivity index (χ4n) is 5.42. The molecule has 3 atom stereocenters. The highest BCUT2D eigenvalue weighted by Crippen LogP contribution is 2.38. The van der Waals surface area contributed by atoms with Gasteiger partial charge in [-0.1, -0.05) is 6.07 Å². The van der Waals surface area contributed by atoms with Crippen LogP contribution < -0.4 is 30.7 Å². The van der Waals surface area contributed by atoms with E-state index in [-0.39, 0.29) is 52.7 Å². The number of oxazole rings is 1. The molecule has 0 radical (unpaired) electrons. The fraction of sp³-hybridized carbons (Fsp3) is 0.472. The van der Waals surface area contributed by atoms with Gasteiger partial charge in [-0.05, 0) is 89.5 Å². The van der Waals surface area contributed by atoms with Gasteiger partial charge in [-0.25, -0.2) is 23.4 Å².